The van der Waals surface area contributed by atoms with Gasteiger partial charge in [0.1, 0.15) is 17.5 Å². The van der Waals surface area contributed by atoms with Crippen LogP contribution in [0.1, 0.15) is 47.2 Å². The molecule has 3 aromatic rings. The summed E-state index contributed by atoms with van der Waals surface area (Å²) in [5.41, 5.74) is 5.97. The zero-order valence-electron chi connectivity index (χ0n) is 16.0. The molecule has 4 heterocycles. The first kappa shape index (κ1) is 16.7. The summed E-state index contributed by atoms with van der Waals surface area (Å²) in [6.45, 7) is 8.01. The van der Waals surface area contributed by atoms with Crippen LogP contribution in [-0.4, -0.2) is 39.6 Å². The Labute approximate surface area is 159 Å². The molecule has 1 fully saturated rings. The number of anilines is 1. The Morgan fingerprint density at radius 1 is 1.15 bits per heavy atom. The van der Waals surface area contributed by atoms with Gasteiger partial charge in [-0.1, -0.05) is 6.07 Å². The summed E-state index contributed by atoms with van der Waals surface area (Å²) >= 11 is 0. The molecule has 27 heavy (non-hydrogen) atoms. The van der Waals surface area contributed by atoms with Crippen LogP contribution in [0.2, 0.25) is 0 Å². The third kappa shape index (κ3) is 3.08. The van der Waals surface area contributed by atoms with Gasteiger partial charge < -0.3 is 15.2 Å². The Morgan fingerprint density at radius 3 is 3.00 bits per heavy atom. The van der Waals surface area contributed by atoms with E-state index in [-0.39, 0.29) is 0 Å². The normalized spacial score (nSPS) is 20.1. The first-order valence-electron chi connectivity index (χ1n) is 9.96. The number of H-pyrrole nitrogens is 1. The molecule has 0 amide bonds. The summed E-state index contributed by atoms with van der Waals surface area (Å²) in [6, 6.07) is 6.43. The number of aryl methyl sites for hydroxylation is 2. The minimum Gasteiger partial charge on any atom is -0.356 e. The fraction of sp³-hybridized carbons (Fsp3) is 0.476. The van der Waals surface area contributed by atoms with Gasteiger partial charge >= 0.3 is 0 Å². The lowest BCUT2D eigenvalue weighted by molar-refractivity contribution is 0.488. The molecule has 1 aromatic carbocycles. The largest absolute Gasteiger partial charge is 0.356 e. The second-order valence-corrected chi connectivity index (χ2v) is 7.87. The molecule has 0 bridgehead atoms. The van der Waals surface area contributed by atoms with E-state index in [0.29, 0.717) is 5.92 Å². The van der Waals surface area contributed by atoms with Crippen molar-refractivity contribution >= 4 is 16.9 Å². The van der Waals surface area contributed by atoms with Gasteiger partial charge in [-0.15, -0.1) is 0 Å². The molecule has 0 aliphatic carbocycles. The Kier molecular flexibility index (Phi) is 4.08. The minimum absolute atomic E-state index is 0.416. The molecule has 6 nitrogen and oxygen atoms in total. The number of fused-ring (bicyclic) bond motifs is 2. The van der Waals surface area contributed by atoms with Crippen LogP contribution in [0.5, 0.6) is 0 Å². The van der Waals surface area contributed by atoms with Crippen molar-refractivity contribution in [2.24, 2.45) is 0 Å². The van der Waals surface area contributed by atoms with Gasteiger partial charge in [0.25, 0.3) is 0 Å². The Hall–Kier alpha value is -2.47. The van der Waals surface area contributed by atoms with Crippen molar-refractivity contribution in [3.63, 3.8) is 0 Å². The Balaban J connectivity index is 1.46. The second kappa shape index (κ2) is 6.60. The van der Waals surface area contributed by atoms with Crippen molar-refractivity contribution in [1.82, 2.24) is 25.3 Å². The van der Waals surface area contributed by atoms with Crippen molar-refractivity contribution < 1.29 is 0 Å². The maximum atomic E-state index is 4.89. The molecule has 0 unspecified atom stereocenters. The summed E-state index contributed by atoms with van der Waals surface area (Å²) in [4.78, 5) is 20.4. The highest BCUT2D eigenvalue weighted by Gasteiger charge is 2.28. The minimum atomic E-state index is 0.416. The number of nitrogens with one attached hydrogen (secondary N) is 2. The summed E-state index contributed by atoms with van der Waals surface area (Å²) in [7, 11) is 0. The summed E-state index contributed by atoms with van der Waals surface area (Å²) in [6.07, 6.45) is 3.34. The monoisotopic (exact) mass is 362 g/mol. The molecule has 1 atom stereocenters. The number of hydrogen-bond acceptors (Lipinski definition) is 5. The lowest BCUT2D eigenvalue weighted by atomic mass is 9.96. The van der Waals surface area contributed by atoms with Crippen LogP contribution in [0.15, 0.2) is 18.2 Å². The molecule has 0 spiro atoms. The zero-order valence-corrected chi connectivity index (χ0v) is 16.0. The lowest BCUT2D eigenvalue weighted by Gasteiger charge is -2.35. The number of imidazole rings is 1. The molecule has 0 radical (unpaired) electrons. The maximum Gasteiger partial charge on any atom is 0.135 e. The molecule has 2 aromatic heterocycles. The molecule has 0 saturated carbocycles. The van der Waals surface area contributed by atoms with E-state index >= 15 is 0 Å². The van der Waals surface area contributed by atoms with Gasteiger partial charge in [-0.3, -0.25) is 0 Å². The van der Waals surface area contributed by atoms with Crippen LogP contribution in [0.25, 0.3) is 11.0 Å². The number of aromatic nitrogens is 4. The fourth-order valence-electron chi connectivity index (χ4n) is 4.45. The van der Waals surface area contributed by atoms with Crippen molar-refractivity contribution in [3.8, 4) is 0 Å². The number of benzene rings is 1. The van der Waals surface area contributed by atoms with Crippen molar-refractivity contribution in [2.45, 2.75) is 45.6 Å². The second-order valence-electron chi connectivity index (χ2n) is 7.87. The van der Waals surface area contributed by atoms with Crippen molar-refractivity contribution in [1.29, 1.82) is 0 Å². The lowest BCUT2D eigenvalue weighted by Crippen LogP contribution is -2.37. The Morgan fingerprint density at radius 2 is 2.07 bits per heavy atom. The van der Waals surface area contributed by atoms with Crippen LogP contribution in [0.3, 0.4) is 0 Å². The highest BCUT2D eigenvalue weighted by Crippen LogP contribution is 2.32. The highest BCUT2D eigenvalue weighted by molar-refractivity contribution is 5.76. The zero-order chi connectivity index (χ0) is 18.4. The predicted octanol–water partition coefficient (Wildman–Crippen LogP) is 3.00. The average Bonchev–Trinajstić information content (AvgIpc) is 3.10. The van der Waals surface area contributed by atoms with Gasteiger partial charge in [0, 0.05) is 31.1 Å². The van der Waals surface area contributed by atoms with E-state index < -0.39 is 0 Å². The molecular weight excluding hydrogens is 336 g/mol. The SMILES string of the molecule is Cc1ccc2nc([C@H]3CCCN(c4nc(C)nc5c4CCNC5)C3)[nH]c2c1. The van der Waals surface area contributed by atoms with Gasteiger partial charge in [0.05, 0.1) is 16.7 Å². The standard InChI is InChI=1S/C21H26N6/c1-13-5-6-17-18(10-13)26-20(25-17)15-4-3-9-27(12-15)21-16-7-8-22-11-19(16)23-14(2)24-21/h5-6,10,15,22H,3-4,7-9,11-12H2,1-2H3,(H,25,26)/t15-/m0/s1. The van der Waals surface area contributed by atoms with Crippen LogP contribution in [0, 0.1) is 13.8 Å². The number of aromatic amines is 1. The van der Waals surface area contributed by atoms with E-state index in [4.69, 9.17) is 9.97 Å². The molecular formula is C21H26N6. The summed E-state index contributed by atoms with van der Waals surface area (Å²) in [5.74, 6) is 3.55. The number of nitrogens with zero attached hydrogens (tertiary/aromatic N) is 4. The van der Waals surface area contributed by atoms with E-state index in [2.05, 4.69) is 45.3 Å². The van der Waals surface area contributed by atoms with Crippen LogP contribution in [0.4, 0.5) is 5.82 Å². The van der Waals surface area contributed by atoms with E-state index in [1.807, 2.05) is 6.92 Å². The Bertz CT molecular complexity index is 992. The highest BCUT2D eigenvalue weighted by atomic mass is 15.2. The molecule has 140 valence electrons. The number of piperidine rings is 1. The van der Waals surface area contributed by atoms with Crippen molar-refractivity contribution in [3.05, 3.63) is 46.7 Å². The van der Waals surface area contributed by atoms with Gasteiger partial charge in [-0.2, -0.15) is 0 Å². The molecule has 2 aliphatic rings. The van der Waals surface area contributed by atoms with Crippen LogP contribution < -0.4 is 10.2 Å². The number of rotatable bonds is 2. The number of hydrogen-bond donors (Lipinski definition) is 2. The molecule has 1 saturated heterocycles. The van der Waals surface area contributed by atoms with E-state index in [1.165, 1.54) is 23.2 Å². The summed E-state index contributed by atoms with van der Waals surface area (Å²) < 4.78 is 0. The first-order valence-corrected chi connectivity index (χ1v) is 9.96. The fourth-order valence-corrected chi connectivity index (χ4v) is 4.45. The van der Waals surface area contributed by atoms with Crippen molar-refractivity contribution in [2.75, 3.05) is 24.5 Å². The van der Waals surface area contributed by atoms with E-state index in [0.717, 1.165) is 67.5 Å². The van der Waals surface area contributed by atoms with E-state index in [1.54, 1.807) is 0 Å². The smallest absolute Gasteiger partial charge is 0.135 e. The third-order valence-electron chi connectivity index (χ3n) is 5.79. The van der Waals surface area contributed by atoms with Gasteiger partial charge in [-0.05, 0) is 57.4 Å². The van der Waals surface area contributed by atoms with Gasteiger partial charge in [0.15, 0.2) is 0 Å². The van der Waals surface area contributed by atoms with Gasteiger partial charge in [0.2, 0.25) is 0 Å². The molecule has 2 aliphatic heterocycles. The average molecular weight is 362 g/mol. The maximum absolute atomic E-state index is 4.89. The van der Waals surface area contributed by atoms with Crippen LogP contribution in [-0.2, 0) is 13.0 Å². The third-order valence-corrected chi connectivity index (χ3v) is 5.79. The first-order chi connectivity index (χ1) is 13.2. The topological polar surface area (TPSA) is 69.7 Å². The predicted molar refractivity (Wildman–Crippen MR) is 107 cm³/mol. The summed E-state index contributed by atoms with van der Waals surface area (Å²) in [5, 5.41) is 3.43. The quantitative estimate of drug-likeness (QED) is 0.733. The van der Waals surface area contributed by atoms with E-state index in [9.17, 15) is 0 Å². The molecule has 6 heteroatoms. The molecule has 5 rings (SSSR count). The van der Waals surface area contributed by atoms with Crippen LogP contribution >= 0.6 is 0 Å². The van der Waals surface area contributed by atoms with Gasteiger partial charge in [-0.25, -0.2) is 15.0 Å². The molecule has 2 N–H and O–H groups in total.